The SMILES string of the molecule is COC(=O)c1ncoc1C1CCN(C(=O)O)CC1. The minimum absolute atomic E-state index is 0.0113. The number of aromatic nitrogens is 1. The molecule has 18 heavy (non-hydrogen) atoms. The van der Waals surface area contributed by atoms with Crippen molar-refractivity contribution in [3.8, 4) is 0 Å². The summed E-state index contributed by atoms with van der Waals surface area (Å²) in [5.41, 5.74) is 0.186. The lowest BCUT2D eigenvalue weighted by atomic mass is 9.93. The van der Waals surface area contributed by atoms with Crippen LogP contribution in [0.15, 0.2) is 10.8 Å². The average molecular weight is 254 g/mol. The Morgan fingerprint density at radius 3 is 2.72 bits per heavy atom. The van der Waals surface area contributed by atoms with Crippen molar-refractivity contribution >= 4 is 12.1 Å². The Hall–Kier alpha value is -2.05. The number of likely N-dealkylation sites (tertiary alicyclic amines) is 1. The molecule has 7 heteroatoms. The molecule has 7 nitrogen and oxygen atoms in total. The number of piperidine rings is 1. The van der Waals surface area contributed by atoms with Gasteiger partial charge >= 0.3 is 12.1 Å². The summed E-state index contributed by atoms with van der Waals surface area (Å²) < 4.78 is 9.86. The van der Waals surface area contributed by atoms with E-state index in [9.17, 15) is 9.59 Å². The number of carboxylic acid groups (broad SMARTS) is 1. The van der Waals surface area contributed by atoms with Gasteiger partial charge in [0.25, 0.3) is 0 Å². The first-order valence-corrected chi connectivity index (χ1v) is 5.63. The second-order valence-corrected chi connectivity index (χ2v) is 4.10. The van der Waals surface area contributed by atoms with Crippen LogP contribution in [0.2, 0.25) is 0 Å². The number of esters is 1. The van der Waals surface area contributed by atoms with Gasteiger partial charge in [0, 0.05) is 19.0 Å². The summed E-state index contributed by atoms with van der Waals surface area (Å²) in [5, 5.41) is 8.85. The van der Waals surface area contributed by atoms with Gasteiger partial charge in [-0.25, -0.2) is 14.6 Å². The zero-order chi connectivity index (χ0) is 13.1. The number of amides is 1. The van der Waals surface area contributed by atoms with E-state index in [0.29, 0.717) is 31.7 Å². The number of carbonyl (C=O) groups excluding carboxylic acids is 1. The number of hydrogen-bond acceptors (Lipinski definition) is 5. The van der Waals surface area contributed by atoms with Gasteiger partial charge in [-0.2, -0.15) is 0 Å². The molecule has 1 aromatic heterocycles. The molecule has 1 aliphatic heterocycles. The van der Waals surface area contributed by atoms with Crippen molar-refractivity contribution in [1.29, 1.82) is 0 Å². The highest BCUT2D eigenvalue weighted by Gasteiger charge is 2.29. The maximum atomic E-state index is 11.5. The Morgan fingerprint density at radius 1 is 1.50 bits per heavy atom. The summed E-state index contributed by atoms with van der Waals surface area (Å²) in [7, 11) is 1.29. The highest BCUT2D eigenvalue weighted by molar-refractivity contribution is 5.88. The molecule has 2 heterocycles. The molecule has 1 saturated heterocycles. The molecule has 0 unspecified atom stereocenters. The first-order chi connectivity index (χ1) is 8.63. The summed E-state index contributed by atoms with van der Waals surface area (Å²) in [6, 6.07) is 0. The minimum atomic E-state index is -0.917. The Kier molecular flexibility index (Phi) is 3.50. The van der Waals surface area contributed by atoms with Crippen LogP contribution in [0.4, 0.5) is 4.79 Å². The molecule has 98 valence electrons. The van der Waals surface area contributed by atoms with Gasteiger partial charge in [0.15, 0.2) is 12.1 Å². The van der Waals surface area contributed by atoms with Gasteiger partial charge < -0.3 is 19.2 Å². The smallest absolute Gasteiger partial charge is 0.407 e. The lowest BCUT2D eigenvalue weighted by Gasteiger charge is -2.28. The van der Waals surface area contributed by atoms with E-state index in [4.69, 9.17) is 9.52 Å². The largest absolute Gasteiger partial charge is 0.465 e. The Morgan fingerprint density at radius 2 is 2.17 bits per heavy atom. The minimum Gasteiger partial charge on any atom is -0.465 e. The van der Waals surface area contributed by atoms with Gasteiger partial charge in [-0.15, -0.1) is 0 Å². The van der Waals surface area contributed by atoms with E-state index in [2.05, 4.69) is 9.72 Å². The van der Waals surface area contributed by atoms with Crippen LogP contribution in [-0.4, -0.2) is 47.3 Å². The van der Waals surface area contributed by atoms with Gasteiger partial charge in [0.05, 0.1) is 7.11 Å². The molecule has 1 aliphatic rings. The summed E-state index contributed by atoms with van der Waals surface area (Å²) in [6.07, 6.45) is 1.53. The zero-order valence-electron chi connectivity index (χ0n) is 9.96. The average Bonchev–Trinajstić information content (AvgIpc) is 2.87. The summed E-state index contributed by atoms with van der Waals surface area (Å²) >= 11 is 0. The van der Waals surface area contributed by atoms with E-state index < -0.39 is 12.1 Å². The summed E-state index contributed by atoms with van der Waals surface area (Å²) in [6.45, 7) is 0.864. The van der Waals surface area contributed by atoms with Crippen LogP contribution in [0.3, 0.4) is 0 Å². The first kappa shape index (κ1) is 12.4. The topological polar surface area (TPSA) is 92.9 Å². The molecular weight excluding hydrogens is 240 g/mol. The van der Waals surface area contributed by atoms with Crippen molar-refractivity contribution in [2.24, 2.45) is 0 Å². The predicted molar refractivity (Wildman–Crippen MR) is 59.4 cm³/mol. The molecule has 1 N–H and O–H groups in total. The van der Waals surface area contributed by atoms with Crippen molar-refractivity contribution in [1.82, 2.24) is 9.88 Å². The molecule has 1 fully saturated rings. The molecule has 2 rings (SSSR count). The van der Waals surface area contributed by atoms with Gasteiger partial charge in [0.2, 0.25) is 0 Å². The highest BCUT2D eigenvalue weighted by atomic mass is 16.5. The van der Waals surface area contributed by atoms with Crippen LogP contribution in [0, 0.1) is 0 Å². The van der Waals surface area contributed by atoms with Crippen LogP contribution in [0.1, 0.15) is 35.0 Å². The summed E-state index contributed by atoms with van der Waals surface area (Å²) in [4.78, 5) is 27.4. The maximum Gasteiger partial charge on any atom is 0.407 e. The molecule has 0 saturated carbocycles. The van der Waals surface area contributed by atoms with E-state index in [1.807, 2.05) is 0 Å². The maximum absolute atomic E-state index is 11.5. The van der Waals surface area contributed by atoms with E-state index in [1.54, 1.807) is 0 Å². The number of nitrogens with zero attached hydrogens (tertiary/aromatic N) is 2. The van der Waals surface area contributed by atoms with Gasteiger partial charge in [-0.3, -0.25) is 0 Å². The quantitative estimate of drug-likeness (QED) is 0.800. The third kappa shape index (κ3) is 2.29. The number of methoxy groups -OCH3 is 1. The number of carbonyl (C=O) groups is 2. The van der Waals surface area contributed by atoms with Crippen molar-refractivity contribution in [3.63, 3.8) is 0 Å². The van der Waals surface area contributed by atoms with Gasteiger partial charge in [-0.1, -0.05) is 0 Å². The molecular formula is C11H14N2O5. The Bertz CT molecular complexity index is 448. The van der Waals surface area contributed by atoms with Crippen LogP contribution >= 0.6 is 0 Å². The fourth-order valence-electron chi connectivity index (χ4n) is 2.13. The molecule has 0 aromatic carbocycles. The lowest BCUT2D eigenvalue weighted by molar-refractivity contribution is 0.0589. The number of oxazole rings is 1. The van der Waals surface area contributed by atoms with E-state index in [-0.39, 0.29) is 11.6 Å². The number of ether oxygens (including phenoxy) is 1. The van der Waals surface area contributed by atoms with E-state index in [1.165, 1.54) is 18.4 Å². The third-order valence-corrected chi connectivity index (χ3v) is 3.11. The monoisotopic (exact) mass is 254 g/mol. The Balaban J connectivity index is 2.08. The molecule has 0 bridgehead atoms. The van der Waals surface area contributed by atoms with Crippen LogP contribution in [0.5, 0.6) is 0 Å². The zero-order valence-corrected chi connectivity index (χ0v) is 9.96. The normalized spacial score (nSPS) is 16.6. The fourth-order valence-corrected chi connectivity index (χ4v) is 2.13. The molecule has 0 aliphatic carbocycles. The second kappa shape index (κ2) is 5.07. The lowest BCUT2D eigenvalue weighted by Crippen LogP contribution is -2.37. The van der Waals surface area contributed by atoms with Crippen LogP contribution in [0.25, 0.3) is 0 Å². The summed E-state index contributed by atoms with van der Waals surface area (Å²) in [5.74, 6) is -0.0245. The van der Waals surface area contributed by atoms with Crippen LogP contribution < -0.4 is 0 Å². The van der Waals surface area contributed by atoms with Crippen molar-refractivity contribution in [2.75, 3.05) is 20.2 Å². The van der Waals surface area contributed by atoms with Crippen molar-refractivity contribution < 1.29 is 23.8 Å². The van der Waals surface area contributed by atoms with Crippen molar-refractivity contribution in [2.45, 2.75) is 18.8 Å². The molecule has 1 aromatic rings. The first-order valence-electron chi connectivity index (χ1n) is 5.63. The second-order valence-electron chi connectivity index (χ2n) is 4.10. The van der Waals surface area contributed by atoms with Gasteiger partial charge in [-0.05, 0) is 12.8 Å². The fraction of sp³-hybridized carbons (Fsp3) is 0.545. The van der Waals surface area contributed by atoms with Gasteiger partial charge in [0.1, 0.15) is 5.76 Å². The standard InChI is InChI=1S/C11H14N2O5/c1-17-10(14)8-9(18-6-12-8)7-2-4-13(5-3-7)11(15)16/h6-7H,2-5H2,1H3,(H,15,16). The van der Waals surface area contributed by atoms with E-state index in [0.717, 1.165) is 0 Å². The molecule has 0 radical (unpaired) electrons. The molecule has 0 spiro atoms. The Labute approximate surface area is 103 Å². The number of rotatable bonds is 2. The predicted octanol–water partition coefficient (Wildman–Crippen LogP) is 1.32. The highest BCUT2D eigenvalue weighted by Crippen LogP contribution is 2.30. The van der Waals surface area contributed by atoms with Crippen molar-refractivity contribution in [3.05, 3.63) is 17.8 Å². The van der Waals surface area contributed by atoms with Crippen LogP contribution in [-0.2, 0) is 4.74 Å². The third-order valence-electron chi connectivity index (χ3n) is 3.11. The molecule has 0 atom stereocenters. The molecule has 1 amide bonds. The van der Waals surface area contributed by atoms with E-state index >= 15 is 0 Å². The number of hydrogen-bond donors (Lipinski definition) is 1.